The Morgan fingerprint density at radius 3 is 2.64 bits per heavy atom. The van der Waals surface area contributed by atoms with E-state index in [1.807, 2.05) is 17.0 Å². The average molecular weight is 376 g/mol. The lowest BCUT2D eigenvalue weighted by Gasteiger charge is -2.34. The molecule has 1 aromatic heterocycles. The molecule has 130 valence electrons. The number of piperazine rings is 1. The fourth-order valence-corrected chi connectivity index (χ4v) is 3.86. The molecule has 0 atom stereocenters. The predicted molar refractivity (Wildman–Crippen MR) is 97.8 cm³/mol. The van der Waals surface area contributed by atoms with Crippen LogP contribution in [0.1, 0.15) is 10.4 Å². The van der Waals surface area contributed by atoms with Crippen LogP contribution in [-0.4, -0.2) is 48.5 Å². The van der Waals surface area contributed by atoms with E-state index in [0.717, 1.165) is 24.0 Å². The molecule has 5 nitrogen and oxygen atoms in total. The number of carbonyl (C=O) groups is 1. The highest BCUT2D eigenvalue weighted by Crippen LogP contribution is 2.23. The van der Waals surface area contributed by atoms with Crippen molar-refractivity contribution in [1.82, 2.24) is 9.80 Å². The first-order chi connectivity index (χ1) is 12.2. The van der Waals surface area contributed by atoms with Crippen molar-refractivity contribution in [1.29, 1.82) is 5.26 Å². The molecule has 0 N–H and O–H groups in total. The van der Waals surface area contributed by atoms with Crippen LogP contribution in [0, 0.1) is 11.3 Å². The molecule has 1 saturated heterocycles. The fraction of sp³-hybridized carbons (Fsp3) is 0.333. The number of ether oxygens (including phenoxy) is 1. The first-order valence-corrected chi connectivity index (χ1v) is 9.21. The van der Waals surface area contributed by atoms with Crippen molar-refractivity contribution >= 4 is 28.8 Å². The van der Waals surface area contributed by atoms with Crippen LogP contribution >= 0.6 is 22.9 Å². The third-order valence-corrected chi connectivity index (χ3v) is 5.31. The number of para-hydroxylation sites is 1. The average Bonchev–Trinajstić information content (AvgIpc) is 3.05. The van der Waals surface area contributed by atoms with E-state index in [1.165, 1.54) is 4.88 Å². The van der Waals surface area contributed by atoms with Crippen LogP contribution in [0.4, 0.5) is 0 Å². The monoisotopic (exact) mass is 375 g/mol. The lowest BCUT2D eigenvalue weighted by molar-refractivity contribution is -0.135. The van der Waals surface area contributed by atoms with Crippen LogP contribution < -0.4 is 4.74 Å². The van der Waals surface area contributed by atoms with E-state index in [2.05, 4.69) is 11.0 Å². The van der Waals surface area contributed by atoms with Crippen LogP contribution in [0.2, 0.25) is 4.34 Å². The molecule has 7 heteroatoms. The molecule has 1 aliphatic heterocycles. The Balaban J connectivity index is 1.46. The largest absolute Gasteiger partial charge is 0.482 e. The van der Waals surface area contributed by atoms with Crippen molar-refractivity contribution in [3.63, 3.8) is 0 Å². The van der Waals surface area contributed by atoms with E-state index in [0.29, 0.717) is 24.4 Å². The molecular weight excluding hydrogens is 358 g/mol. The maximum absolute atomic E-state index is 12.3. The summed E-state index contributed by atoms with van der Waals surface area (Å²) in [4.78, 5) is 17.7. The van der Waals surface area contributed by atoms with E-state index in [9.17, 15) is 4.79 Å². The number of hydrogen-bond donors (Lipinski definition) is 0. The van der Waals surface area contributed by atoms with Gasteiger partial charge >= 0.3 is 0 Å². The summed E-state index contributed by atoms with van der Waals surface area (Å²) < 4.78 is 6.33. The van der Waals surface area contributed by atoms with Crippen molar-refractivity contribution in [2.45, 2.75) is 6.54 Å². The molecule has 0 bridgehead atoms. The summed E-state index contributed by atoms with van der Waals surface area (Å²) >= 11 is 7.56. The second-order valence-electron chi connectivity index (χ2n) is 5.76. The zero-order valence-corrected chi connectivity index (χ0v) is 15.2. The van der Waals surface area contributed by atoms with Crippen LogP contribution in [-0.2, 0) is 11.3 Å². The van der Waals surface area contributed by atoms with Crippen molar-refractivity contribution in [2.24, 2.45) is 0 Å². The summed E-state index contributed by atoms with van der Waals surface area (Å²) in [5, 5.41) is 9.05. The molecular formula is C18H18ClN3O2S. The fourth-order valence-electron chi connectivity index (χ4n) is 2.73. The van der Waals surface area contributed by atoms with Crippen molar-refractivity contribution in [3.05, 3.63) is 51.2 Å². The van der Waals surface area contributed by atoms with Crippen molar-refractivity contribution in [2.75, 3.05) is 32.8 Å². The SMILES string of the molecule is N#Cc1ccccc1OCC(=O)N1CCN(Cc2ccc(Cl)s2)CC1. The van der Waals surface area contributed by atoms with Crippen LogP contribution in [0.3, 0.4) is 0 Å². The second kappa shape index (κ2) is 8.34. The van der Waals surface area contributed by atoms with Gasteiger partial charge in [-0.1, -0.05) is 23.7 Å². The molecule has 0 saturated carbocycles. The van der Waals surface area contributed by atoms with Gasteiger partial charge in [-0.05, 0) is 24.3 Å². The molecule has 0 unspecified atom stereocenters. The molecule has 0 radical (unpaired) electrons. The van der Waals surface area contributed by atoms with Gasteiger partial charge in [0.25, 0.3) is 5.91 Å². The molecule has 0 spiro atoms. The minimum atomic E-state index is -0.0495. The molecule has 1 fully saturated rings. The molecule has 3 rings (SSSR count). The number of thiophene rings is 1. The van der Waals surface area contributed by atoms with E-state index in [-0.39, 0.29) is 12.5 Å². The van der Waals surface area contributed by atoms with Crippen LogP contribution in [0.15, 0.2) is 36.4 Å². The number of amides is 1. The van der Waals surface area contributed by atoms with Gasteiger partial charge in [0.15, 0.2) is 6.61 Å². The van der Waals surface area contributed by atoms with Gasteiger partial charge in [-0.2, -0.15) is 5.26 Å². The first-order valence-electron chi connectivity index (χ1n) is 8.02. The summed E-state index contributed by atoms with van der Waals surface area (Å²) in [5.41, 5.74) is 0.440. The summed E-state index contributed by atoms with van der Waals surface area (Å²) in [6, 6.07) is 13.0. The number of nitrogens with zero attached hydrogens (tertiary/aromatic N) is 3. The summed E-state index contributed by atoms with van der Waals surface area (Å²) in [6.07, 6.45) is 0. The molecule has 2 heterocycles. The Hall–Kier alpha value is -2.07. The van der Waals surface area contributed by atoms with Gasteiger partial charge < -0.3 is 9.64 Å². The van der Waals surface area contributed by atoms with Crippen LogP contribution in [0.25, 0.3) is 0 Å². The maximum atomic E-state index is 12.3. The standard InChI is InChI=1S/C18H18ClN3O2S/c19-17-6-5-15(25-17)12-21-7-9-22(10-8-21)18(23)13-24-16-4-2-1-3-14(16)11-20/h1-6H,7-10,12-13H2. The Kier molecular flexibility index (Phi) is 5.92. The molecule has 0 aliphatic carbocycles. The minimum absolute atomic E-state index is 0.0424. The number of halogens is 1. The lowest BCUT2D eigenvalue weighted by Crippen LogP contribution is -2.49. The number of hydrogen-bond acceptors (Lipinski definition) is 5. The lowest BCUT2D eigenvalue weighted by atomic mass is 10.2. The van der Waals surface area contributed by atoms with E-state index in [4.69, 9.17) is 21.6 Å². The summed E-state index contributed by atoms with van der Waals surface area (Å²) in [5.74, 6) is 0.401. The van der Waals surface area contributed by atoms with Crippen molar-refractivity contribution < 1.29 is 9.53 Å². The minimum Gasteiger partial charge on any atom is -0.482 e. The highest BCUT2D eigenvalue weighted by Gasteiger charge is 2.22. The molecule has 1 aromatic carbocycles. The normalized spacial score (nSPS) is 15.0. The quantitative estimate of drug-likeness (QED) is 0.806. The van der Waals surface area contributed by atoms with Gasteiger partial charge in [0.1, 0.15) is 11.8 Å². The van der Waals surface area contributed by atoms with Crippen molar-refractivity contribution in [3.8, 4) is 11.8 Å². The molecule has 1 amide bonds. The third-order valence-electron chi connectivity index (χ3n) is 4.09. The second-order valence-corrected chi connectivity index (χ2v) is 7.56. The van der Waals surface area contributed by atoms with Gasteiger partial charge in [0.2, 0.25) is 0 Å². The topological polar surface area (TPSA) is 56.6 Å². The van der Waals surface area contributed by atoms with Gasteiger partial charge in [-0.15, -0.1) is 11.3 Å². The number of benzene rings is 1. The summed E-state index contributed by atoms with van der Waals surface area (Å²) in [6.45, 7) is 3.85. The molecule has 25 heavy (non-hydrogen) atoms. The third kappa shape index (κ3) is 4.73. The van der Waals surface area contributed by atoms with Gasteiger partial charge in [0, 0.05) is 37.6 Å². The Labute approximate surface area is 156 Å². The van der Waals surface area contributed by atoms with E-state index < -0.39 is 0 Å². The first kappa shape index (κ1) is 17.7. The highest BCUT2D eigenvalue weighted by molar-refractivity contribution is 7.16. The molecule has 2 aromatic rings. The zero-order chi connectivity index (χ0) is 17.6. The van der Waals surface area contributed by atoms with Gasteiger partial charge in [0.05, 0.1) is 9.90 Å². The Morgan fingerprint density at radius 1 is 1.20 bits per heavy atom. The smallest absolute Gasteiger partial charge is 0.260 e. The van der Waals surface area contributed by atoms with Crippen LogP contribution in [0.5, 0.6) is 5.75 Å². The van der Waals surface area contributed by atoms with Gasteiger partial charge in [-0.3, -0.25) is 9.69 Å². The zero-order valence-electron chi connectivity index (χ0n) is 13.7. The van der Waals surface area contributed by atoms with E-state index >= 15 is 0 Å². The Morgan fingerprint density at radius 2 is 1.96 bits per heavy atom. The summed E-state index contributed by atoms with van der Waals surface area (Å²) in [7, 11) is 0. The number of carbonyl (C=O) groups excluding carboxylic acids is 1. The molecule has 1 aliphatic rings. The number of nitriles is 1. The number of rotatable bonds is 5. The maximum Gasteiger partial charge on any atom is 0.260 e. The van der Waals surface area contributed by atoms with Gasteiger partial charge in [-0.25, -0.2) is 0 Å². The predicted octanol–water partition coefficient (Wildman–Crippen LogP) is 3.00. The Bertz CT molecular complexity index is 779. The van der Waals surface area contributed by atoms with E-state index in [1.54, 1.807) is 35.6 Å². The highest BCUT2D eigenvalue weighted by atomic mass is 35.5.